The number of nitrogens with zero attached hydrogens (tertiary/aromatic N) is 2. The SMILES string of the molecule is Cc1nccnc1OC[C@H]1CCCN1. The Bertz CT molecular complexity index is 297. The van der Waals surface area contributed by atoms with Crippen LogP contribution in [0.5, 0.6) is 5.88 Å². The Morgan fingerprint density at radius 1 is 1.50 bits per heavy atom. The van der Waals surface area contributed by atoms with Crippen molar-refractivity contribution >= 4 is 0 Å². The van der Waals surface area contributed by atoms with E-state index >= 15 is 0 Å². The van der Waals surface area contributed by atoms with Gasteiger partial charge in [-0.2, -0.15) is 0 Å². The van der Waals surface area contributed by atoms with Gasteiger partial charge in [0.2, 0.25) is 5.88 Å². The zero-order valence-electron chi connectivity index (χ0n) is 8.36. The van der Waals surface area contributed by atoms with Gasteiger partial charge in [-0.05, 0) is 26.3 Å². The molecule has 1 N–H and O–H groups in total. The molecule has 0 bridgehead atoms. The molecule has 0 amide bonds. The van der Waals surface area contributed by atoms with Crippen LogP contribution in [-0.2, 0) is 0 Å². The van der Waals surface area contributed by atoms with Gasteiger partial charge in [0.1, 0.15) is 6.61 Å². The average molecular weight is 193 g/mol. The molecular weight excluding hydrogens is 178 g/mol. The molecule has 2 rings (SSSR count). The van der Waals surface area contributed by atoms with E-state index in [1.54, 1.807) is 12.4 Å². The zero-order chi connectivity index (χ0) is 9.80. The number of hydrogen-bond donors (Lipinski definition) is 1. The van der Waals surface area contributed by atoms with Crippen molar-refractivity contribution in [3.63, 3.8) is 0 Å². The summed E-state index contributed by atoms with van der Waals surface area (Å²) in [6, 6.07) is 0.483. The molecular formula is C10H15N3O. The molecule has 4 heteroatoms. The molecule has 1 aromatic rings. The largest absolute Gasteiger partial charge is 0.475 e. The molecule has 0 aromatic carbocycles. The van der Waals surface area contributed by atoms with Crippen molar-refractivity contribution in [1.82, 2.24) is 15.3 Å². The Hall–Kier alpha value is -1.16. The van der Waals surface area contributed by atoms with Crippen LogP contribution < -0.4 is 10.1 Å². The maximum absolute atomic E-state index is 5.58. The first-order chi connectivity index (χ1) is 6.86. The van der Waals surface area contributed by atoms with E-state index in [2.05, 4.69) is 15.3 Å². The quantitative estimate of drug-likeness (QED) is 0.775. The van der Waals surface area contributed by atoms with Gasteiger partial charge in [-0.3, -0.25) is 4.98 Å². The number of rotatable bonds is 3. The van der Waals surface area contributed by atoms with E-state index in [0.29, 0.717) is 18.5 Å². The Morgan fingerprint density at radius 3 is 3.07 bits per heavy atom. The fourth-order valence-corrected chi connectivity index (χ4v) is 1.62. The summed E-state index contributed by atoms with van der Waals surface area (Å²) in [5, 5.41) is 3.37. The molecule has 0 unspecified atom stereocenters. The molecule has 1 saturated heterocycles. The van der Waals surface area contributed by atoms with E-state index < -0.39 is 0 Å². The summed E-state index contributed by atoms with van der Waals surface area (Å²) in [6.07, 6.45) is 5.77. The van der Waals surface area contributed by atoms with E-state index in [-0.39, 0.29) is 0 Å². The Morgan fingerprint density at radius 2 is 2.36 bits per heavy atom. The molecule has 1 aliphatic rings. The summed E-state index contributed by atoms with van der Waals surface area (Å²) < 4.78 is 5.58. The molecule has 0 spiro atoms. The topological polar surface area (TPSA) is 47.0 Å². The van der Waals surface area contributed by atoms with E-state index in [1.807, 2.05) is 6.92 Å². The van der Waals surface area contributed by atoms with Crippen LogP contribution in [0.3, 0.4) is 0 Å². The summed E-state index contributed by atoms with van der Waals surface area (Å²) in [5.41, 5.74) is 0.852. The lowest BCUT2D eigenvalue weighted by Crippen LogP contribution is -2.28. The van der Waals surface area contributed by atoms with Gasteiger partial charge in [-0.25, -0.2) is 4.98 Å². The minimum atomic E-state index is 0.483. The first-order valence-electron chi connectivity index (χ1n) is 5.00. The summed E-state index contributed by atoms with van der Waals surface area (Å²) in [4.78, 5) is 8.24. The summed E-state index contributed by atoms with van der Waals surface area (Å²) >= 11 is 0. The van der Waals surface area contributed by atoms with Crippen molar-refractivity contribution in [2.45, 2.75) is 25.8 Å². The minimum Gasteiger partial charge on any atom is -0.475 e. The van der Waals surface area contributed by atoms with Gasteiger partial charge >= 0.3 is 0 Å². The second-order valence-corrected chi connectivity index (χ2v) is 3.55. The number of aryl methyl sites for hydroxylation is 1. The van der Waals surface area contributed by atoms with Crippen molar-refractivity contribution in [1.29, 1.82) is 0 Å². The normalized spacial score (nSPS) is 21.1. The maximum atomic E-state index is 5.58. The fraction of sp³-hybridized carbons (Fsp3) is 0.600. The molecule has 0 aliphatic carbocycles. The highest BCUT2D eigenvalue weighted by Crippen LogP contribution is 2.11. The Labute approximate surface area is 83.7 Å². The van der Waals surface area contributed by atoms with Gasteiger partial charge < -0.3 is 10.1 Å². The van der Waals surface area contributed by atoms with Crippen LogP contribution in [0.25, 0.3) is 0 Å². The molecule has 0 radical (unpaired) electrons. The first-order valence-corrected chi connectivity index (χ1v) is 5.00. The van der Waals surface area contributed by atoms with Crippen LogP contribution in [0.15, 0.2) is 12.4 Å². The minimum absolute atomic E-state index is 0.483. The standard InChI is InChI=1S/C10H15N3O/c1-8-10(13-6-5-11-8)14-7-9-3-2-4-12-9/h5-6,9,12H,2-4,7H2,1H3/t9-/m1/s1. The van der Waals surface area contributed by atoms with Crippen molar-refractivity contribution in [2.24, 2.45) is 0 Å². The van der Waals surface area contributed by atoms with Crippen molar-refractivity contribution in [3.8, 4) is 5.88 Å². The lowest BCUT2D eigenvalue weighted by atomic mass is 10.2. The summed E-state index contributed by atoms with van der Waals surface area (Å²) in [5.74, 6) is 0.654. The van der Waals surface area contributed by atoms with Crippen LogP contribution in [0.2, 0.25) is 0 Å². The predicted molar refractivity (Wildman–Crippen MR) is 53.3 cm³/mol. The number of ether oxygens (including phenoxy) is 1. The molecule has 4 nitrogen and oxygen atoms in total. The second kappa shape index (κ2) is 4.37. The molecule has 0 saturated carbocycles. The van der Waals surface area contributed by atoms with Gasteiger partial charge in [0.05, 0.1) is 5.69 Å². The second-order valence-electron chi connectivity index (χ2n) is 3.55. The van der Waals surface area contributed by atoms with Crippen LogP contribution in [0, 0.1) is 6.92 Å². The smallest absolute Gasteiger partial charge is 0.235 e. The fourth-order valence-electron chi connectivity index (χ4n) is 1.62. The van der Waals surface area contributed by atoms with Crippen LogP contribution in [0.4, 0.5) is 0 Å². The van der Waals surface area contributed by atoms with Crippen molar-refractivity contribution in [3.05, 3.63) is 18.1 Å². The lowest BCUT2D eigenvalue weighted by molar-refractivity contribution is 0.264. The first kappa shape index (κ1) is 9.40. The Kier molecular flexibility index (Phi) is 2.93. The third-order valence-corrected chi connectivity index (χ3v) is 2.42. The van der Waals surface area contributed by atoms with E-state index in [0.717, 1.165) is 12.2 Å². The molecule has 76 valence electrons. The highest BCUT2D eigenvalue weighted by Gasteiger charge is 2.15. The predicted octanol–water partition coefficient (Wildman–Crippen LogP) is 0.916. The molecule has 1 fully saturated rings. The highest BCUT2D eigenvalue weighted by molar-refractivity contribution is 5.14. The zero-order valence-corrected chi connectivity index (χ0v) is 8.36. The molecule has 1 aliphatic heterocycles. The van der Waals surface area contributed by atoms with Gasteiger partial charge in [0, 0.05) is 18.4 Å². The molecule has 1 atom stereocenters. The third-order valence-electron chi connectivity index (χ3n) is 2.42. The molecule has 14 heavy (non-hydrogen) atoms. The maximum Gasteiger partial charge on any atom is 0.235 e. The van der Waals surface area contributed by atoms with Crippen molar-refractivity contribution in [2.75, 3.05) is 13.2 Å². The lowest BCUT2D eigenvalue weighted by Gasteiger charge is -2.11. The van der Waals surface area contributed by atoms with Crippen molar-refractivity contribution < 1.29 is 4.74 Å². The van der Waals surface area contributed by atoms with E-state index in [9.17, 15) is 0 Å². The average Bonchev–Trinajstić information content (AvgIpc) is 2.69. The van der Waals surface area contributed by atoms with Crippen LogP contribution in [0.1, 0.15) is 18.5 Å². The van der Waals surface area contributed by atoms with E-state index in [4.69, 9.17) is 4.74 Å². The molecule has 2 heterocycles. The number of nitrogens with one attached hydrogen (secondary N) is 1. The number of aromatic nitrogens is 2. The number of hydrogen-bond acceptors (Lipinski definition) is 4. The highest BCUT2D eigenvalue weighted by atomic mass is 16.5. The third kappa shape index (κ3) is 2.20. The van der Waals surface area contributed by atoms with E-state index in [1.165, 1.54) is 12.8 Å². The molecule has 1 aromatic heterocycles. The van der Waals surface area contributed by atoms with Gasteiger partial charge in [-0.15, -0.1) is 0 Å². The van der Waals surface area contributed by atoms with Gasteiger partial charge in [-0.1, -0.05) is 0 Å². The Balaban J connectivity index is 1.88. The monoisotopic (exact) mass is 193 g/mol. The van der Waals surface area contributed by atoms with Crippen LogP contribution in [-0.4, -0.2) is 29.2 Å². The van der Waals surface area contributed by atoms with Gasteiger partial charge in [0.25, 0.3) is 0 Å². The summed E-state index contributed by atoms with van der Waals surface area (Å²) in [7, 11) is 0. The van der Waals surface area contributed by atoms with Gasteiger partial charge in [0.15, 0.2) is 0 Å². The van der Waals surface area contributed by atoms with Crippen LogP contribution >= 0.6 is 0 Å². The summed E-state index contributed by atoms with van der Waals surface area (Å²) in [6.45, 7) is 3.71.